The summed E-state index contributed by atoms with van der Waals surface area (Å²) in [6.45, 7) is 0. The summed E-state index contributed by atoms with van der Waals surface area (Å²) in [5.41, 5.74) is 8.45. The molecule has 1 aromatic heterocycles. The molecule has 0 bridgehead atoms. The average Bonchev–Trinajstić information content (AvgIpc) is 2.44. The van der Waals surface area contributed by atoms with E-state index < -0.39 is 0 Å². The van der Waals surface area contributed by atoms with Crippen LogP contribution in [0.15, 0.2) is 18.2 Å². The Morgan fingerprint density at radius 2 is 2.23 bits per heavy atom. The number of hydrogen-bond donors (Lipinski definition) is 2. The van der Waals surface area contributed by atoms with Crippen molar-refractivity contribution in [2.45, 2.75) is 0 Å². The van der Waals surface area contributed by atoms with Crippen molar-refractivity contribution in [2.24, 2.45) is 7.05 Å². The molecular formula is C9H12N4. The van der Waals surface area contributed by atoms with E-state index in [0.717, 1.165) is 22.7 Å². The van der Waals surface area contributed by atoms with Crippen molar-refractivity contribution >= 4 is 22.7 Å². The monoisotopic (exact) mass is 176 g/mol. The third-order valence-electron chi connectivity index (χ3n) is 2.13. The van der Waals surface area contributed by atoms with E-state index in [2.05, 4.69) is 10.3 Å². The predicted octanol–water partition coefficient (Wildman–Crippen LogP) is 1.20. The first-order valence-electron chi connectivity index (χ1n) is 4.12. The SMILES string of the molecule is CNc1nc2ccc(N)cc2n1C. The van der Waals surface area contributed by atoms with Crippen LogP contribution in [0.3, 0.4) is 0 Å². The summed E-state index contributed by atoms with van der Waals surface area (Å²) in [5, 5.41) is 3.02. The number of benzene rings is 1. The van der Waals surface area contributed by atoms with Gasteiger partial charge in [0, 0.05) is 19.8 Å². The number of rotatable bonds is 1. The summed E-state index contributed by atoms with van der Waals surface area (Å²) in [6, 6.07) is 5.70. The first-order chi connectivity index (χ1) is 6.22. The molecule has 2 aromatic rings. The van der Waals surface area contributed by atoms with Gasteiger partial charge in [0.05, 0.1) is 11.0 Å². The fourth-order valence-electron chi connectivity index (χ4n) is 1.43. The van der Waals surface area contributed by atoms with Crippen molar-refractivity contribution < 1.29 is 0 Å². The van der Waals surface area contributed by atoms with Crippen LogP contribution in [0.25, 0.3) is 11.0 Å². The van der Waals surface area contributed by atoms with Crippen LogP contribution in [0.5, 0.6) is 0 Å². The molecule has 4 heteroatoms. The Labute approximate surface area is 76.4 Å². The molecule has 0 unspecified atom stereocenters. The number of nitrogens with two attached hydrogens (primary N) is 1. The number of nitrogen functional groups attached to an aromatic ring is 1. The highest BCUT2D eigenvalue weighted by Crippen LogP contribution is 2.19. The first kappa shape index (κ1) is 7.91. The smallest absolute Gasteiger partial charge is 0.203 e. The molecule has 13 heavy (non-hydrogen) atoms. The van der Waals surface area contributed by atoms with Crippen molar-refractivity contribution in [1.82, 2.24) is 9.55 Å². The summed E-state index contributed by atoms with van der Waals surface area (Å²) < 4.78 is 1.98. The Balaban J connectivity index is 2.77. The lowest BCUT2D eigenvalue weighted by molar-refractivity contribution is 0.953. The zero-order valence-corrected chi connectivity index (χ0v) is 7.70. The van der Waals surface area contributed by atoms with Crippen LogP contribution in [-0.2, 0) is 7.05 Å². The van der Waals surface area contributed by atoms with Crippen LogP contribution in [0.4, 0.5) is 11.6 Å². The standard InChI is InChI=1S/C9H12N4/c1-11-9-12-7-4-3-6(10)5-8(7)13(9)2/h3-5H,10H2,1-2H3,(H,11,12). The maximum Gasteiger partial charge on any atom is 0.203 e. The zero-order valence-electron chi connectivity index (χ0n) is 7.70. The molecule has 2 rings (SSSR count). The summed E-state index contributed by atoms with van der Waals surface area (Å²) in [7, 11) is 3.81. The van der Waals surface area contributed by atoms with Crippen molar-refractivity contribution in [3.8, 4) is 0 Å². The molecule has 0 saturated carbocycles. The van der Waals surface area contributed by atoms with Gasteiger partial charge in [-0.2, -0.15) is 0 Å². The highest BCUT2D eigenvalue weighted by Gasteiger charge is 2.04. The second kappa shape index (κ2) is 2.65. The van der Waals surface area contributed by atoms with Gasteiger partial charge in [-0.15, -0.1) is 0 Å². The van der Waals surface area contributed by atoms with Gasteiger partial charge in [0.15, 0.2) is 0 Å². The number of fused-ring (bicyclic) bond motifs is 1. The van der Waals surface area contributed by atoms with Crippen LogP contribution in [-0.4, -0.2) is 16.6 Å². The van der Waals surface area contributed by atoms with Gasteiger partial charge < -0.3 is 15.6 Å². The van der Waals surface area contributed by atoms with Crippen molar-refractivity contribution in [3.05, 3.63) is 18.2 Å². The second-order valence-electron chi connectivity index (χ2n) is 2.99. The van der Waals surface area contributed by atoms with E-state index in [1.54, 1.807) is 0 Å². The van der Waals surface area contributed by atoms with Crippen LogP contribution < -0.4 is 11.1 Å². The molecule has 0 aliphatic carbocycles. The number of imidazole rings is 1. The lowest BCUT2D eigenvalue weighted by atomic mass is 10.3. The molecule has 4 nitrogen and oxygen atoms in total. The first-order valence-corrected chi connectivity index (χ1v) is 4.12. The quantitative estimate of drug-likeness (QED) is 0.642. The molecule has 0 amide bonds. The van der Waals surface area contributed by atoms with E-state index in [1.807, 2.05) is 36.9 Å². The molecule has 0 aliphatic heterocycles. The topological polar surface area (TPSA) is 55.9 Å². The Kier molecular flexibility index (Phi) is 1.62. The van der Waals surface area contributed by atoms with Crippen LogP contribution >= 0.6 is 0 Å². The van der Waals surface area contributed by atoms with Crippen LogP contribution in [0.1, 0.15) is 0 Å². The van der Waals surface area contributed by atoms with Gasteiger partial charge in [-0.3, -0.25) is 0 Å². The highest BCUT2D eigenvalue weighted by molar-refractivity contribution is 5.81. The zero-order chi connectivity index (χ0) is 9.42. The largest absolute Gasteiger partial charge is 0.399 e. The summed E-state index contributed by atoms with van der Waals surface area (Å²) >= 11 is 0. The number of nitrogens with zero attached hydrogens (tertiary/aromatic N) is 2. The molecule has 0 fully saturated rings. The van der Waals surface area contributed by atoms with Gasteiger partial charge in [-0.25, -0.2) is 4.98 Å². The minimum absolute atomic E-state index is 0.762. The normalized spacial score (nSPS) is 10.6. The predicted molar refractivity (Wildman–Crippen MR) is 54.7 cm³/mol. The van der Waals surface area contributed by atoms with Gasteiger partial charge >= 0.3 is 0 Å². The van der Waals surface area contributed by atoms with E-state index >= 15 is 0 Å². The third-order valence-corrected chi connectivity index (χ3v) is 2.13. The van der Waals surface area contributed by atoms with E-state index in [4.69, 9.17) is 5.73 Å². The molecular weight excluding hydrogens is 164 g/mol. The number of aryl methyl sites for hydroxylation is 1. The average molecular weight is 176 g/mol. The van der Waals surface area contributed by atoms with Crippen molar-refractivity contribution in [3.63, 3.8) is 0 Å². The van der Waals surface area contributed by atoms with E-state index in [0.29, 0.717) is 0 Å². The molecule has 0 radical (unpaired) electrons. The lowest BCUT2D eigenvalue weighted by Gasteiger charge is -1.99. The maximum absolute atomic E-state index is 5.68. The van der Waals surface area contributed by atoms with Crippen LogP contribution in [0, 0.1) is 0 Å². The summed E-state index contributed by atoms with van der Waals surface area (Å²) in [4.78, 5) is 4.37. The summed E-state index contributed by atoms with van der Waals surface area (Å²) in [5.74, 6) is 0.848. The minimum atomic E-state index is 0.762. The molecule has 1 aromatic carbocycles. The molecule has 0 aliphatic rings. The number of nitrogens with one attached hydrogen (secondary N) is 1. The van der Waals surface area contributed by atoms with Crippen molar-refractivity contribution in [1.29, 1.82) is 0 Å². The molecule has 0 atom stereocenters. The van der Waals surface area contributed by atoms with E-state index in [9.17, 15) is 0 Å². The Bertz CT molecular complexity index is 444. The van der Waals surface area contributed by atoms with Gasteiger partial charge in [0.25, 0.3) is 0 Å². The minimum Gasteiger partial charge on any atom is -0.399 e. The maximum atomic E-state index is 5.68. The Hall–Kier alpha value is -1.71. The fraction of sp³-hybridized carbons (Fsp3) is 0.222. The van der Waals surface area contributed by atoms with Gasteiger partial charge in [-0.1, -0.05) is 0 Å². The highest BCUT2D eigenvalue weighted by atomic mass is 15.2. The Morgan fingerprint density at radius 1 is 1.46 bits per heavy atom. The Morgan fingerprint density at radius 3 is 2.92 bits per heavy atom. The second-order valence-corrected chi connectivity index (χ2v) is 2.99. The summed E-state index contributed by atoms with van der Waals surface area (Å²) in [6.07, 6.45) is 0. The van der Waals surface area contributed by atoms with Gasteiger partial charge in [-0.05, 0) is 18.2 Å². The number of anilines is 2. The number of hydrogen-bond acceptors (Lipinski definition) is 3. The van der Waals surface area contributed by atoms with E-state index in [1.165, 1.54) is 0 Å². The number of aromatic nitrogens is 2. The third kappa shape index (κ3) is 1.11. The van der Waals surface area contributed by atoms with E-state index in [-0.39, 0.29) is 0 Å². The van der Waals surface area contributed by atoms with Crippen molar-refractivity contribution in [2.75, 3.05) is 18.1 Å². The van der Waals surface area contributed by atoms with Crippen LogP contribution in [0.2, 0.25) is 0 Å². The molecule has 0 spiro atoms. The fourth-order valence-corrected chi connectivity index (χ4v) is 1.43. The molecule has 3 N–H and O–H groups in total. The molecule has 1 heterocycles. The molecule has 0 saturated heterocycles. The lowest BCUT2D eigenvalue weighted by Crippen LogP contribution is -1.97. The van der Waals surface area contributed by atoms with Gasteiger partial charge in [0.2, 0.25) is 5.95 Å². The van der Waals surface area contributed by atoms with Gasteiger partial charge in [0.1, 0.15) is 0 Å². The molecule has 68 valence electrons.